The third-order valence-corrected chi connectivity index (χ3v) is 7.33. The minimum atomic E-state index is -4.67. The van der Waals surface area contributed by atoms with E-state index in [0.717, 1.165) is 17.7 Å². The SMILES string of the molecule is CCS(=O)(=O)c1cc(-c2cccc(C)c2Cl)cnc1-n1nc2ccc(C(F)(F)F)cn2c1=O. The Kier molecular flexibility index (Phi) is 5.57. The van der Waals surface area contributed by atoms with Crippen molar-refractivity contribution in [2.75, 3.05) is 5.75 Å². The number of benzene rings is 1. The second-order valence-corrected chi connectivity index (χ2v) is 9.85. The lowest BCUT2D eigenvalue weighted by Crippen LogP contribution is -2.23. The van der Waals surface area contributed by atoms with Crippen molar-refractivity contribution in [1.82, 2.24) is 19.2 Å². The monoisotopic (exact) mass is 496 g/mol. The molecule has 12 heteroatoms. The molecule has 0 aliphatic heterocycles. The van der Waals surface area contributed by atoms with Crippen LogP contribution >= 0.6 is 11.6 Å². The Morgan fingerprint density at radius 3 is 2.55 bits per heavy atom. The molecule has 0 atom stereocenters. The summed E-state index contributed by atoms with van der Waals surface area (Å²) in [6, 6.07) is 8.39. The van der Waals surface area contributed by atoms with Gasteiger partial charge < -0.3 is 0 Å². The summed E-state index contributed by atoms with van der Waals surface area (Å²) < 4.78 is 66.3. The van der Waals surface area contributed by atoms with Crippen LogP contribution in [-0.4, -0.2) is 33.3 Å². The molecule has 0 bridgehead atoms. The van der Waals surface area contributed by atoms with Crippen LogP contribution in [0.4, 0.5) is 13.2 Å². The lowest BCUT2D eigenvalue weighted by atomic mass is 10.1. The molecule has 0 saturated heterocycles. The highest BCUT2D eigenvalue weighted by Crippen LogP contribution is 2.33. The maximum absolute atomic E-state index is 13.1. The van der Waals surface area contributed by atoms with Crippen LogP contribution in [0.5, 0.6) is 0 Å². The van der Waals surface area contributed by atoms with E-state index in [-0.39, 0.29) is 22.1 Å². The lowest BCUT2D eigenvalue weighted by Gasteiger charge is -2.12. The normalized spacial score (nSPS) is 12.4. The molecule has 172 valence electrons. The summed E-state index contributed by atoms with van der Waals surface area (Å²) in [4.78, 5) is 16.7. The van der Waals surface area contributed by atoms with Crippen molar-refractivity contribution in [3.8, 4) is 16.9 Å². The van der Waals surface area contributed by atoms with E-state index >= 15 is 0 Å². The van der Waals surface area contributed by atoms with Gasteiger partial charge in [-0.25, -0.2) is 22.6 Å². The summed E-state index contributed by atoms with van der Waals surface area (Å²) in [6.45, 7) is 3.22. The van der Waals surface area contributed by atoms with Crippen LogP contribution in [0.15, 0.2) is 58.5 Å². The minimum Gasteiger partial charge on any atom is -0.249 e. The maximum atomic E-state index is 13.1. The van der Waals surface area contributed by atoms with Gasteiger partial charge in [0, 0.05) is 23.5 Å². The molecule has 4 aromatic rings. The number of alkyl halides is 3. The first-order chi connectivity index (χ1) is 15.4. The zero-order chi connectivity index (χ0) is 24.1. The molecule has 0 aliphatic carbocycles. The summed E-state index contributed by atoms with van der Waals surface area (Å²) in [5.74, 6) is -0.612. The first-order valence-electron chi connectivity index (χ1n) is 9.61. The van der Waals surface area contributed by atoms with Crippen LogP contribution in [0.3, 0.4) is 0 Å². The van der Waals surface area contributed by atoms with Crippen LogP contribution in [-0.2, 0) is 16.0 Å². The van der Waals surface area contributed by atoms with E-state index in [4.69, 9.17) is 11.6 Å². The number of nitrogens with zero attached hydrogens (tertiary/aromatic N) is 4. The number of pyridine rings is 2. The second kappa shape index (κ2) is 7.99. The molecule has 0 radical (unpaired) electrons. The number of fused-ring (bicyclic) bond motifs is 1. The van der Waals surface area contributed by atoms with Gasteiger partial charge in [-0.2, -0.15) is 17.9 Å². The van der Waals surface area contributed by atoms with Crippen LogP contribution < -0.4 is 5.69 Å². The number of sulfone groups is 1. The molecule has 0 saturated carbocycles. The first kappa shape index (κ1) is 23.0. The fourth-order valence-corrected chi connectivity index (χ4v) is 4.55. The standard InChI is InChI=1S/C21H16ClF3N4O3S/c1-3-33(31,32)16-9-13(15-6-4-5-12(2)18(15)22)10-26-19(16)29-20(30)28-11-14(21(23,24)25)7-8-17(28)27-29/h4-11H,3H2,1-2H3. The van der Waals surface area contributed by atoms with Crippen molar-refractivity contribution in [3.05, 3.63) is 75.4 Å². The van der Waals surface area contributed by atoms with Crippen molar-refractivity contribution in [1.29, 1.82) is 0 Å². The molecule has 4 rings (SSSR count). The third kappa shape index (κ3) is 4.02. The molecule has 0 spiro atoms. The Morgan fingerprint density at radius 2 is 1.88 bits per heavy atom. The molecule has 1 aromatic carbocycles. The Balaban J connectivity index is 1.98. The van der Waals surface area contributed by atoms with Gasteiger partial charge in [-0.15, -0.1) is 5.10 Å². The average molecular weight is 497 g/mol. The van der Waals surface area contributed by atoms with E-state index in [9.17, 15) is 26.4 Å². The third-order valence-electron chi connectivity index (χ3n) is 5.10. The Morgan fingerprint density at radius 1 is 1.15 bits per heavy atom. The number of aryl methyl sites for hydroxylation is 1. The Labute approximate surface area is 191 Å². The van der Waals surface area contributed by atoms with Gasteiger partial charge in [-0.1, -0.05) is 36.7 Å². The maximum Gasteiger partial charge on any atom is 0.417 e. The van der Waals surface area contributed by atoms with Crippen LogP contribution in [0.25, 0.3) is 22.6 Å². The van der Waals surface area contributed by atoms with Gasteiger partial charge in [0.25, 0.3) is 0 Å². The van der Waals surface area contributed by atoms with Crippen molar-refractivity contribution in [2.45, 2.75) is 24.9 Å². The second-order valence-electron chi connectivity index (χ2n) is 7.22. The van der Waals surface area contributed by atoms with Crippen molar-refractivity contribution >= 4 is 27.1 Å². The molecule has 7 nitrogen and oxygen atoms in total. The van der Waals surface area contributed by atoms with Crippen LogP contribution in [0.1, 0.15) is 18.1 Å². The molecule has 0 N–H and O–H groups in total. The predicted octanol–water partition coefficient (Wildman–Crippen LogP) is 4.32. The fraction of sp³-hybridized carbons (Fsp3) is 0.190. The van der Waals surface area contributed by atoms with Crippen LogP contribution in [0, 0.1) is 6.92 Å². The Bertz CT molecular complexity index is 1560. The lowest BCUT2D eigenvalue weighted by molar-refractivity contribution is -0.137. The van der Waals surface area contributed by atoms with E-state index in [1.165, 1.54) is 19.2 Å². The number of hydrogen-bond donors (Lipinski definition) is 0. The average Bonchev–Trinajstić information content (AvgIpc) is 3.10. The number of hydrogen-bond acceptors (Lipinski definition) is 5. The van der Waals surface area contributed by atoms with Gasteiger partial charge in [-0.05, 0) is 30.7 Å². The molecule has 0 fully saturated rings. The summed E-state index contributed by atoms with van der Waals surface area (Å²) in [5, 5.41) is 4.41. The van der Waals surface area contributed by atoms with Crippen molar-refractivity contribution < 1.29 is 21.6 Å². The van der Waals surface area contributed by atoms with Crippen LogP contribution in [0.2, 0.25) is 5.02 Å². The molecular weight excluding hydrogens is 481 g/mol. The van der Waals surface area contributed by atoms with Crippen molar-refractivity contribution in [3.63, 3.8) is 0 Å². The molecule has 3 heterocycles. The first-order valence-corrected chi connectivity index (χ1v) is 11.6. The number of rotatable bonds is 4. The molecule has 0 amide bonds. The zero-order valence-electron chi connectivity index (χ0n) is 17.3. The topological polar surface area (TPSA) is 86.3 Å². The van der Waals surface area contributed by atoms with Gasteiger partial charge in [-0.3, -0.25) is 0 Å². The highest BCUT2D eigenvalue weighted by atomic mass is 35.5. The molecular formula is C21H16ClF3N4O3S. The smallest absolute Gasteiger partial charge is 0.249 e. The van der Waals surface area contributed by atoms with Gasteiger partial charge in [0.1, 0.15) is 4.90 Å². The highest BCUT2D eigenvalue weighted by molar-refractivity contribution is 7.91. The fourth-order valence-electron chi connectivity index (χ4n) is 3.28. The van der Waals surface area contributed by atoms with Crippen molar-refractivity contribution in [2.24, 2.45) is 0 Å². The minimum absolute atomic E-state index is 0.0968. The molecule has 33 heavy (non-hydrogen) atoms. The molecule has 0 unspecified atom stereocenters. The van der Waals surface area contributed by atoms with E-state index in [0.29, 0.717) is 31.4 Å². The summed E-state index contributed by atoms with van der Waals surface area (Å²) in [5.41, 5.74) is -0.417. The molecule has 3 aromatic heterocycles. The summed E-state index contributed by atoms with van der Waals surface area (Å²) in [6.07, 6.45) is -2.72. The zero-order valence-corrected chi connectivity index (χ0v) is 18.8. The number of halogens is 4. The van der Waals surface area contributed by atoms with Gasteiger partial charge >= 0.3 is 11.9 Å². The van der Waals surface area contributed by atoms with E-state index in [1.807, 2.05) is 0 Å². The highest BCUT2D eigenvalue weighted by Gasteiger charge is 2.31. The largest absolute Gasteiger partial charge is 0.417 e. The molecule has 0 aliphatic rings. The van der Waals surface area contributed by atoms with Gasteiger partial charge in [0.15, 0.2) is 21.3 Å². The van der Waals surface area contributed by atoms with E-state index in [1.54, 1.807) is 25.1 Å². The number of aromatic nitrogens is 4. The van der Waals surface area contributed by atoms with E-state index in [2.05, 4.69) is 10.1 Å². The van der Waals surface area contributed by atoms with Gasteiger partial charge in [0.05, 0.1) is 16.3 Å². The Hall–Kier alpha value is -3.18. The van der Waals surface area contributed by atoms with Gasteiger partial charge in [0.2, 0.25) is 0 Å². The predicted molar refractivity (Wildman–Crippen MR) is 116 cm³/mol. The summed E-state index contributed by atoms with van der Waals surface area (Å²) in [7, 11) is -3.91. The quantitative estimate of drug-likeness (QED) is 0.420. The summed E-state index contributed by atoms with van der Waals surface area (Å²) >= 11 is 6.38. The van der Waals surface area contributed by atoms with E-state index < -0.39 is 27.3 Å².